The maximum Gasteiger partial charge on any atom is 0.435 e. The number of alkyl halides is 10. The average Bonchev–Trinajstić information content (AvgIpc) is 3.78. The van der Waals surface area contributed by atoms with Crippen molar-refractivity contribution in [1.29, 1.82) is 5.26 Å². The highest BCUT2D eigenvalue weighted by atomic mass is 19.4. The molecule has 0 unspecified atom stereocenters. The van der Waals surface area contributed by atoms with Gasteiger partial charge in [0.25, 0.3) is 11.8 Å². The minimum absolute atomic E-state index is 0.0100. The molecule has 5 nitrogen and oxygen atoms in total. The van der Waals surface area contributed by atoms with Crippen molar-refractivity contribution in [3.05, 3.63) is 94.3 Å². The van der Waals surface area contributed by atoms with Crippen LogP contribution in [0.1, 0.15) is 50.2 Å². The zero-order valence-corrected chi connectivity index (χ0v) is 22.3. The van der Waals surface area contributed by atoms with Crippen molar-refractivity contribution in [2.24, 2.45) is 5.92 Å². The van der Waals surface area contributed by atoms with Gasteiger partial charge in [-0.05, 0) is 67.3 Å². The summed E-state index contributed by atoms with van der Waals surface area (Å²) >= 11 is 0. The van der Waals surface area contributed by atoms with Crippen LogP contribution in [0.15, 0.2) is 60.7 Å². The van der Waals surface area contributed by atoms with Crippen LogP contribution in [0.3, 0.4) is 0 Å². The molecule has 1 aliphatic rings. The number of hydrogen-bond donors (Lipinski definition) is 1. The molecule has 238 valence electrons. The van der Waals surface area contributed by atoms with E-state index < -0.39 is 76.0 Å². The lowest BCUT2D eigenvalue weighted by atomic mass is 9.92. The highest BCUT2D eigenvalue weighted by molar-refractivity contribution is 6.09. The monoisotopic (exact) mass is 649 g/mol. The summed E-state index contributed by atoms with van der Waals surface area (Å²) in [5.41, 5.74) is -13.4. The number of nitriles is 1. The summed E-state index contributed by atoms with van der Waals surface area (Å²) in [5.74, 6) is -3.75. The van der Waals surface area contributed by atoms with E-state index in [0.717, 1.165) is 23.1 Å². The van der Waals surface area contributed by atoms with Crippen molar-refractivity contribution >= 4 is 23.2 Å². The molecule has 0 radical (unpaired) electrons. The lowest BCUT2D eigenvalue weighted by Gasteiger charge is -2.31. The summed E-state index contributed by atoms with van der Waals surface area (Å²) in [7, 11) is 0. The maximum absolute atomic E-state index is 15.7. The molecule has 4 rings (SSSR count). The fourth-order valence-corrected chi connectivity index (χ4v) is 4.38. The number of halogens is 11. The van der Waals surface area contributed by atoms with Gasteiger partial charge < -0.3 is 10.2 Å². The van der Waals surface area contributed by atoms with Gasteiger partial charge in [-0.15, -0.1) is 0 Å². The molecule has 0 aliphatic heterocycles. The predicted octanol–water partition coefficient (Wildman–Crippen LogP) is 8.31. The molecule has 16 heteroatoms. The first-order valence-corrected chi connectivity index (χ1v) is 12.8. The van der Waals surface area contributed by atoms with E-state index >= 15 is 4.39 Å². The van der Waals surface area contributed by atoms with Crippen molar-refractivity contribution < 1.29 is 57.9 Å². The minimum atomic E-state index is -6.70. The molecule has 3 aromatic carbocycles. The number of nitrogens with zero attached hydrogens (tertiary/aromatic N) is 2. The van der Waals surface area contributed by atoms with Gasteiger partial charge in [-0.25, -0.2) is 8.78 Å². The largest absolute Gasteiger partial charge is 0.435 e. The van der Waals surface area contributed by atoms with Gasteiger partial charge in [-0.1, -0.05) is 12.1 Å². The first kappa shape index (κ1) is 33.2. The zero-order chi connectivity index (χ0) is 33.5. The zero-order valence-electron chi connectivity index (χ0n) is 22.3. The second kappa shape index (κ2) is 11.7. The van der Waals surface area contributed by atoms with Gasteiger partial charge in [0.05, 0.1) is 34.1 Å². The lowest BCUT2D eigenvalue weighted by molar-refractivity contribution is -0.348. The molecule has 0 bridgehead atoms. The standard InChI is InChI=1S/C29H18F11N3O2/c30-23-19(2-1-3-22(23)43(14-16-4-5-16)25(45)17-8-6-15(13-41)7-9-17)24(44)42-21-11-10-18(12-20(21)27(32,33)34)26(31,28(35,36)37)29(38,39)40/h1-3,6-12,16H,4-5,14H2,(H,42,44). The van der Waals surface area contributed by atoms with Crippen LogP contribution in [0.4, 0.5) is 59.7 Å². The second-order valence-electron chi connectivity index (χ2n) is 10.1. The lowest BCUT2D eigenvalue weighted by Crippen LogP contribution is -2.50. The number of carbonyl (C=O) groups is 2. The third-order valence-electron chi connectivity index (χ3n) is 6.91. The molecule has 0 atom stereocenters. The van der Waals surface area contributed by atoms with E-state index in [1.54, 1.807) is 5.32 Å². The molecule has 0 saturated heterocycles. The molecular weight excluding hydrogens is 631 g/mol. The van der Waals surface area contributed by atoms with E-state index in [-0.39, 0.29) is 35.7 Å². The van der Waals surface area contributed by atoms with Gasteiger partial charge in [0.1, 0.15) is 0 Å². The van der Waals surface area contributed by atoms with Crippen LogP contribution in [0.5, 0.6) is 0 Å². The van der Waals surface area contributed by atoms with E-state index in [1.165, 1.54) is 24.3 Å². The van der Waals surface area contributed by atoms with E-state index in [4.69, 9.17) is 5.26 Å². The topological polar surface area (TPSA) is 73.2 Å². The average molecular weight is 649 g/mol. The summed E-state index contributed by atoms with van der Waals surface area (Å²) in [6, 6.07) is 9.19. The first-order chi connectivity index (χ1) is 20.8. The Labute approximate surface area is 246 Å². The summed E-state index contributed by atoms with van der Waals surface area (Å²) in [6.45, 7) is -0.0100. The van der Waals surface area contributed by atoms with Crippen LogP contribution in [0.2, 0.25) is 0 Å². The number of amides is 2. The Morgan fingerprint density at radius 3 is 1.98 bits per heavy atom. The number of carbonyl (C=O) groups excluding carboxylic acids is 2. The molecule has 1 fully saturated rings. The van der Waals surface area contributed by atoms with Crippen molar-refractivity contribution in [2.75, 3.05) is 16.8 Å². The fourth-order valence-electron chi connectivity index (χ4n) is 4.38. The molecular formula is C29H18F11N3O2. The highest BCUT2D eigenvalue weighted by Crippen LogP contribution is 2.54. The number of anilines is 2. The Kier molecular flexibility index (Phi) is 8.62. The van der Waals surface area contributed by atoms with E-state index in [1.807, 2.05) is 6.07 Å². The Morgan fingerprint density at radius 2 is 1.47 bits per heavy atom. The van der Waals surface area contributed by atoms with Crippen LogP contribution >= 0.6 is 0 Å². The van der Waals surface area contributed by atoms with Crippen molar-refractivity contribution in [3.8, 4) is 6.07 Å². The van der Waals surface area contributed by atoms with Gasteiger partial charge in [0, 0.05) is 17.7 Å². The minimum Gasteiger partial charge on any atom is -0.321 e. The van der Waals surface area contributed by atoms with Crippen LogP contribution in [-0.4, -0.2) is 30.7 Å². The summed E-state index contributed by atoms with van der Waals surface area (Å²) < 4.78 is 150. The van der Waals surface area contributed by atoms with Crippen molar-refractivity contribution in [1.82, 2.24) is 0 Å². The Balaban J connectivity index is 1.72. The van der Waals surface area contributed by atoms with Crippen molar-refractivity contribution in [2.45, 2.75) is 37.0 Å². The molecule has 2 amide bonds. The molecule has 45 heavy (non-hydrogen) atoms. The van der Waals surface area contributed by atoms with E-state index in [9.17, 15) is 53.5 Å². The van der Waals surface area contributed by atoms with Crippen LogP contribution in [-0.2, 0) is 11.8 Å². The number of rotatable bonds is 7. The van der Waals surface area contributed by atoms with Crippen LogP contribution < -0.4 is 10.2 Å². The number of benzene rings is 3. The van der Waals surface area contributed by atoms with Gasteiger partial charge in [-0.2, -0.15) is 44.8 Å². The van der Waals surface area contributed by atoms with Crippen molar-refractivity contribution in [3.63, 3.8) is 0 Å². The summed E-state index contributed by atoms with van der Waals surface area (Å²) in [5, 5.41) is 10.6. The predicted molar refractivity (Wildman–Crippen MR) is 136 cm³/mol. The van der Waals surface area contributed by atoms with Crippen LogP contribution in [0.25, 0.3) is 0 Å². The fraction of sp³-hybridized carbons (Fsp3) is 0.276. The summed E-state index contributed by atoms with van der Waals surface area (Å²) in [4.78, 5) is 27.2. The maximum atomic E-state index is 15.7. The second-order valence-corrected chi connectivity index (χ2v) is 10.1. The molecule has 1 aliphatic carbocycles. The molecule has 0 spiro atoms. The SMILES string of the molecule is N#Cc1ccc(C(=O)N(CC2CC2)c2cccc(C(=O)Nc3ccc(C(F)(C(F)(F)F)C(F)(F)F)cc3C(F)(F)F)c2F)cc1. The molecule has 3 aromatic rings. The highest BCUT2D eigenvalue weighted by Gasteiger charge is 2.73. The van der Waals surface area contributed by atoms with Gasteiger partial charge in [-0.3, -0.25) is 9.59 Å². The first-order valence-electron chi connectivity index (χ1n) is 12.8. The quantitative estimate of drug-likeness (QED) is 0.262. The third kappa shape index (κ3) is 6.57. The number of hydrogen-bond acceptors (Lipinski definition) is 3. The van der Waals surface area contributed by atoms with Gasteiger partial charge >= 0.3 is 24.2 Å². The van der Waals surface area contributed by atoms with E-state index in [0.29, 0.717) is 12.8 Å². The smallest absolute Gasteiger partial charge is 0.321 e. The van der Waals surface area contributed by atoms with E-state index in [2.05, 4.69) is 0 Å². The Bertz CT molecular complexity index is 1640. The summed E-state index contributed by atoms with van der Waals surface area (Å²) in [6.07, 6.45) is -17.7. The molecule has 1 N–H and O–H groups in total. The van der Waals surface area contributed by atoms with Gasteiger partial charge in [0.2, 0.25) is 0 Å². The Hall–Kier alpha value is -4.68. The molecule has 1 saturated carbocycles. The Morgan fingerprint density at radius 1 is 0.867 bits per heavy atom. The molecule has 0 aromatic heterocycles. The number of nitrogens with one attached hydrogen (secondary N) is 1. The van der Waals surface area contributed by atoms with Gasteiger partial charge in [0.15, 0.2) is 5.82 Å². The third-order valence-corrected chi connectivity index (χ3v) is 6.91. The molecule has 0 heterocycles. The van der Waals surface area contributed by atoms with Crippen LogP contribution in [0, 0.1) is 23.1 Å². The normalized spacial score (nSPS) is 14.1.